The van der Waals surface area contributed by atoms with Gasteiger partial charge in [-0.2, -0.15) is 0 Å². The van der Waals surface area contributed by atoms with Gasteiger partial charge < -0.3 is 10.2 Å². The molecule has 1 aliphatic heterocycles. The van der Waals surface area contributed by atoms with Gasteiger partial charge in [0, 0.05) is 25.1 Å². The number of rotatable bonds is 2. The lowest BCUT2D eigenvalue weighted by molar-refractivity contribution is -0.0116. The molecular weight excluding hydrogens is 154 g/mol. The second kappa shape index (κ2) is 4.21. The SMILES string of the molecule is CC(C)N1CC[C@H](CO)[C@H](O)C1. The molecule has 0 aliphatic carbocycles. The van der Waals surface area contributed by atoms with Crippen LogP contribution in [-0.2, 0) is 0 Å². The molecule has 0 spiro atoms. The minimum absolute atomic E-state index is 0.0972. The van der Waals surface area contributed by atoms with Crippen molar-refractivity contribution in [3.05, 3.63) is 0 Å². The first-order valence-electron chi connectivity index (χ1n) is 4.68. The van der Waals surface area contributed by atoms with Crippen molar-refractivity contribution in [2.75, 3.05) is 19.7 Å². The van der Waals surface area contributed by atoms with Crippen molar-refractivity contribution in [2.45, 2.75) is 32.4 Å². The summed E-state index contributed by atoms with van der Waals surface area (Å²) in [6.07, 6.45) is 0.571. The summed E-state index contributed by atoms with van der Waals surface area (Å²) in [7, 11) is 0. The van der Waals surface area contributed by atoms with Crippen molar-refractivity contribution in [1.29, 1.82) is 0 Å². The molecule has 2 N–H and O–H groups in total. The molecule has 0 aromatic rings. The van der Waals surface area contributed by atoms with Crippen LogP contribution in [0.1, 0.15) is 20.3 Å². The van der Waals surface area contributed by atoms with Crippen molar-refractivity contribution in [3.63, 3.8) is 0 Å². The molecule has 72 valence electrons. The van der Waals surface area contributed by atoms with E-state index in [0.29, 0.717) is 12.6 Å². The molecule has 3 nitrogen and oxygen atoms in total. The van der Waals surface area contributed by atoms with E-state index in [1.54, 1.807) is 0 Å². The van der Waals surface area contributed by atoms with E-state index in [2.05, 4.69) is 18.7 Å². The molecule has 1 fully saturated rings. The molecule has 0 saturated carbocycles. The van der Waals surface area contributed by atoms with Gasteiger partial charge in [0.1, 0.15) is 0 Å². The topological polar surface area (TPSA) is 43.7 Å². The first-order valence-corrected chi connectivity index (χ1v) is 4.68. The number of hydrogen-bond donors (Lipinski definition) is 2. The predicted molar refractivity (Wildman–Crippen MR) is 47.9 cm³/mol. The van der Waals surface area contributed by atoms with Gasteiger partial charge in [-0.15, -0.1) is 0 Å². The Morgan fingerprint density at radius 1 is 1.50 bits per heavy atom. The number of piperidine rings is 1. The van der Waals surface area contributed by atoms with Gasteiger partial charge in [-0.25, -0.2) is 0 Å². The quantitative estimate of drug-likeness (QED) is 0.621. The van der Waals surface area contributed by atoms with Crippen LogP contribution in [0.15, 0.2) is 0 Å². The van der Waals surface area contributed by atoms with E-state index in [9.17, 15) is 5.11 Å². The number of aliphatic hydroxyl groups is 2. The molecule has 0 bridgehead atoms. The summed E-state index contributed by atoms with van der Waals surface area (Å²) in [6.45, 7) is 6.09. The maximum absolute atomic E-state index is 9.59. The summed E-state index contributed by atoms with van der Waals surface area (Å²) < 4.78 is 0. The largest absolute Gasteiger partial charge is 0.396 e. The molecule has 0 aromatic carbocycles. The fourth-order valence-electron chi connectivity index (χ4n) is 1.69. The van der Waals surface area contributed by atoms with Gasteiger partial charge in [-0.3, -0.25) is 4.90 Å². The van der Waals surface area contributed by atoms with E-state index in [1.807, 2.05) is 0 Å². The number of nitrogens with zero attached hydrogens (tertiary/aromatic N) is 1. The fourth-order valence-corrected chi connectivity index (χ4v) is 1.69. The van der Waals surface area contributed by atoms with Crippen LogP contribution in [-0.4, -0.2) is 47.0 Å². The van der Waals surface area contributed by atoms with Gasteiger partial charge >= 0.3 is 0 Å². The van der Waals surface area contributed by atoms with E-state index in [1.165, 1.54) is 0 Å². The van der Waals surface area contributed by atoms with Crippen molar-refractivity contribution in [2.24, 2.45) is 5.92 Å². The Morgan fingerprint density at radius 2 is 2.17 bits per heavy atom. The van der Waals surface area contributed by atoms with Gasteiger partial charge in [0.2, 0.25) is 0 Å². The van der Waals surface area contributed by atoms with Gasteiger partial charge in [0.05, 0.1) is 6.10 Å². The van der Waals surface area contributed by atoms with E-state index in [-0.39, 0.29) is 18.6 Å². The van der Waals surface area contributed by atoms with Crippen molar-refractivity contribution < 1.29 is 10.2 Å². The Kier molecular flexibility index (Phi) is 3.50. The van der Waals surface area contributed by atoms with Crippen LogP contribution in [0, 0.1) is 5.92 Å². The molecule has 1 rings (SSSR count). The summed E-state index contributed by atoms with van der Waals surface area (Å²) in [5.74, 6) is 0.0972. The first kappa shape index (κ1) is 9.96. The molecule has 0 amide bonds. The van der Waals surface area contributed by atoms with Crippen LogP contribution >= 0.6 is 0 Å². The third-order valence-corrected chi connectivity index (χ3v) is 2.72. The summed E-state index contributed by atoms with van der Waals surface area (Å²) in [5.41, 5.74) is 0. The lowest BCUT2D eigenvalue weighted by Gasteiger charge is -2.37. The standard InChI is InChI=1S/C9H19NO2/c1-7(2)10-4-3-8(6-11)9(12)5-10/h7-9,11-12H,3-6H2,1-2H3/t8-,9-/m1/s1. The second-order valence-corrected chi connectivity index (χ2v) is 3.89. The maximum atomic E-state index is 9.59. The Balaban J connectivity index is 2.40. The predicted octanol–water partition coefficient (Wildman–Crippen LogP) is 0.0699. The first-order chi connectivity index (χ1) is 5.65. The van der Waals surface area contributed by atoms with E-state index >= 15 is 0 Å². The van der Waals surface area contributed by atoms with Crippen LogP contribution < -0.4 is 0 Å². The maximum Gasteiger partial charge on any atom is 0.0717 e. The zero-order valence-electron chi connectivity index (χ0n) is 7.90. The zero-order valence-corrected chi connectivity index (χ0v) is 7.90. The Bertz CT molecular complexity index is 138. The molecule has 0 unspecified atom stereocenters. The fraction of sp³-hybridized carbons (Fsp3) is 1.00. The molecule has 1 aliphatic rings. The average molecular weight is 173 g/mol. The van der Waals surface area contributed by atoms with Crippen LogP contribution in [0.3, 0.4) is 0 Å². The van der Waals surface area contributed by atoms with E-state index < -0.39 is 0 Å². The lowest BCUT2D eigenvalue weighted by Crippen LogP contribution is -2.47. The van der Waals surface area contributed by atoms with Gasteiger partial charge in [-0.05, 0) is 26.8 Å². The number of likely N-dealkylation sites (tertiary alicyclic amines) is 1. The molecule has 1 saturated heterocycles. The molecule has 3 heteroatoms. The van der Waals surface area contributed by atoms with E-state index in [4.69, 9.17) is 5.11 Å². The Labute approximate surface area is 74.0 Å². The minimum atomic E-state index is -0.342. The molecule has 1 heterocycles. The van der Waals surface area contributed by atoms with Gasteiger partial charge in [0.15, 0.2) is 0 Å². The van der Waals surface area contributed by atoms with Crippen molar-refractivity contribution >= 4 is 0 Å². The molecule has 0 aromatic heterocycles. The van der Waals surface area contributed by atoms with Crippen molar-refractivity contribution in [3.8, 4) is 0 Å². The van der Waals surface area contributed by atoms with Crippen LogP contribution in [0.5, 0.6) is 0 Å². The third kappa shape index (κ3) is 2.19. The summed E-state index contributed by atoms with van der Waals surface area (Å²) in [4.78, 5) is 2.25. The smallest absolute Gasteiger partial charge is 0.0717 e. The monoisotopic (exact) mass is 173 g/mol. The number of hydrogen-bond acceptors (Lipinski definition) is 3. The number of aliphatic hydroxyl groups excluding tert-OH is 2. The average Bonchev–Trinajstić information content (AvgIpc) is 2.04. The lowest BCUT2D eigenvalue weighted by atomic mass is 9.94. The summed E-state index contributed by atoms with van der Waals surface area (Å²) in [5, 5.41) is 18.5. The van der Waals surface area contributed by atoms with Crippen LogP contribution in [0.4, 0.5) is 0 Å². The van der Waals surface area contributed by atoms with Crippen LogP contribution in [0.2, 0.25) is 0 Å². The highest BCUT2D eigenvalue weighted by atomic mass is 16.3. The molecular formula is C9H19NO2. The minimum Gasteiger partial charge on any atom is -0.396 e. The summed E-state index contributed by atoms with van der Waals surface area (Å²) >= 11 is 0. The molecule has 12 heavy (non-hydrogen) atoms. The third-order valence-electron chi connectivity index (χ3n) is 2.72. The van der Waals surface area contributed by atoms with Gasteiger partial charge in [0.25, 0.3) is 0 Å². The highest BCUT2D eigenvalue weighted by molar-refractivity contribution is 4.80. The Morgan fingerprint density at radius 3 is 2.58 bits per heavy atom. The number of β-amino-alcohol motifs (C(OH)–C–C–N with tert-alkyl or cyclic N) is 1. The molecule has 0 radical (unpaired) electrons. The van der Waals surface area contributed by atoms with Crippen molar-refractivity contribution in [1.82, 2.24) is 4.90 Å². The van der Waals surface area contributed by atoms with Gasteiger partial charge in [-0.1, -0.05) is 0 Å². The highest BCUT2D eigenvalue weighted by Gasteiger charge is 2.27. The second-order valence-electron chi connectivity index (χ2n) is 3.89. The highest BCUT2D eigenvalue weighted by Crippen LogP contribution is 2.18. The van der Waals surface area contributed by atoms with Crippen LogP contribution in [0.25, 0.3) is 0 Å². The zero-order chi connectivity index (χ0) is 9.14. The Hall–Kier alpha value is -0.120. The molecule has 2 atom stereocenters. The normalized spacial score (nSPS) is 32.8. The summed E-state index contributed by atoms with van der Waals surface area (Å²) in [6, 6.07) is 0.499. The van der Waals surface area contributed by atoms with E-state index in [0.717, 1.165) is 13.0 Å².